The Kier molecular flexibility index (Phi) is 7.12. The number of carbonyl (C=O) groups excluding carboxylic acids is 3. The lowest BCUT2D eigenvalue weighted by Gasteiger charge is -2.57. The quantitative estimate of drug-likeness (QED) is 0.251. The zero-order chi connectivity index (χ0) is 36.4. The number of hydrogen-bond acceptors (Lipinski definition) is 6. The monoisotopic (exact) mass is 733 g/mol. The Morgan fingerprint density at radius 1 is 0.611 bits per heavy atom. The van der Waals surface area contributed by atoms with Crippen molar-refractivity contribution in [2.45, 2.75) is 147 Å². The molecule has 10 fully saturated rings. The van der Waals surface area contributed by atoms with Crippen LogP contribution in [0.2, 0.25) is 0 Å². The van der Waals surface area contributed by atoms with E-state index in [4.69, 9.17) is 9.47 Å². The Hall–Kier alpha value is -2.37. The molecule has 2 spiro atoms. The molecular weight excluding hydrogens is 671 g/mol. The van der Waals surface area contributed by atoms with Crippen LogP contribution in [0.4, 0.5) is 0 Å². The number of nitrogens with zero attached hydrogens (tertiary/aromatic N) is 1. The normalized spacial score (nSPS) is 53.9. The number of allylic oxidation sites excluding steroid dienone is 5. The molecule has 290 valence electrons. The average molecular weight is 734 g/mol. The van der Waals surface area contributed by atoms with Crippen molar-refractivity contribution >= 4 is 17.7 Å². The molecular formula is C48H63NO5. The minimum atomic E-state index is -0.122. The highest BCUT2D eigenvalue weighted by Crippen LogP contribution is 2.80. The second-order valence-electron chi connectivity index (χ2n) is 21.6. The maximum atomic E-state index is 12.2. The second-order valence-corrected chi connectivity index (χ2v) is 21.6. The van der Waals surface area contributed by atoms with E-state index < -0.39 is 0 Å². The predicted octanol–water partition coefficient (Wildman–Crippen LogP) is 9.14. The van der Waals surface area contributed by atoms with E-state index in [1.807, 2.05) is 6.08 Å². The van der Waals surface area contributed by atoms with Gasteiger partial charge in [-0.05, 0) is 180 Å². The molecule has 54 heavy (non-hydrogen) atoms. The number of carbonyl (C=O) groups is 3. The van der Waals surface area contributed by atoms with Crippen LogP contribution in [-0.2, 0) is 23.9 Å². The van der Waals surface area contributed by atoms with Crippen LogP contribution in [-0.4, -0.2) is 46.9 Å². The predicted molar refractivity (Wildman–Crippen MR) is 204 cm³/mol. The molecule has 13 rings (SSSR count). The maximum Gasteiger partial charge on any atom is 0.306 e. The highest BCUT2D eigenvalue weighted by Gasteiger charge is 2.80. The molecule has 3 heterocycles. The van der Waals surface area contributed by atoms with Crippen LogP contribution in [0.1, 0.15) is 136 Å². The van der Waals surface area contributed by atoms with Crippen LogP contribution < -0.4 is 0 Å². The molecule has 16 atom stereocenters. The molecule has 3 aliphatic heterocycles. The van der Waals surface area contributed by atoms with Crippen molar-refractivity contribution in [1.29, 1.82) is 0 Å². The van der Waals surface area contributed by atoms with E-state index >= 15 is 0 Å². The van der Waals surface area contributed by atoms with Gasteiger partial charge in [0, 0.05) is 60.7 Å². The molecule has 10 aliphatic carbocycles. The number of ketones is 1. The molecule has 0 bridgehead atoms. The fraction of sp³-hybridized carbons (Fsp3) is 0.812. The Morgan fingerprint density at radius 3 is 1.85 bits per heavy atom. The first-order chi connectivity index (χ1) is 26.1. The minimum absolute atomic E-state index is 0.0503. The largest absolute Gasteiger partial charge is 0.458 e. The van der Waals surface area contributed by atoms with Gasteiger partial charge in [0.25, 0.3) is 0 Å². The molecule has 3 saturated heterocycles. The van der Waals surface area contributed by atoms with Gasteiger partial charge in [-0.1, -0.05) is 25.5 Å². The topological polar surface area (TPSA) is 72.9 Å². The van der Waals surface area contributed by atoms with Crippen LogP contribution in [0.5, 0.6) is 0 Å². The Bertz CT molecular complexity index is 1790. The van der Waals surface area contributed by atoms with Crippen LogP contribution in [0.15, 0.2) is 35.1 Å². The first-order valence-corrected chi connectivity index (χ1v) is 23.0. The van der Waals surface area contributed by atoms with Crippen molar-refractivity contribution in [3.63, 3.8) is 0 Å². The Labute approximate surface area is 322 Å². The van der Waals surface area contributed by atoms with Gasteiger partial charge < -0.3 is 14.4 Å². The molecule has 0 aromatic rings. The van der Waals surface area contributed by atoms with Crippen molar-refractivity contribution < 1.29 is 23.9 Å². The Balaban J connectivity index is 0.000000122. The summed E-state index contributed by atoms with van der Waals surface area (Å²) in [5.41, 5.74) is 5.00. The number of fused-ring (bicyclic) bond motifs is 18. The summed E-state index contributed by atoms with van der Waals surface area (Å²) >= 11 is 0. The van der Waals surface area contributed by atoms with Gasteiger partial charge in [-0.3, -0.25) is 14.4 Å². The van der Waals surface area contributed by atoms with Gasteiger partial charge in [-0.15, -0.1) is 0 Å². The summed E-state index contributed by atoms with van der Waals surface area (Å²) in [6.45, 7) is 7.54. The lowest BCUT2D eigenvalue weighted by molar-refractivity contribution is -0.174. The van der Waals surface area contributed by atoms with Gasteiger partial charge in [0.05, 0.1) is 0 Å². The highest BCUT2D eigenvalue weighted by atomic mass is 16.6. The highest BCUT2D eigenvalue weighted by molar-refractivity contribution is 5.91. The van der Waals surface area contributed by atoms with E-state index in [0.29, 0.717) is 36.4 Å². The lowest BCUT2D eigenvalue weighted by Crippen LogP contribution is -2.55. The molecule has 6 heteroatoms. The molecule has 0 N–H and O–H groups in total. The third-order valence-corrected chi connectivity index (χ3v) is 20.1. The fourth-order valence-electron chi connectivity index (χ4n) is 18.1. The van der Waals surface area contributed by atoms with Crippen molar-refractivity contribution in [2.75, 3.05) is 13.1 Å². The van der Waals surface area contributed by atoms with Gasteiger partial charge in [-0.25, -0.2) is 0 Å². The molecule has 0 radical (unpaired) electrons. The van der Waals surface area contributed by atoms with E-state index in [-0.39, 0.29) is 34.0 Å². The van der Waals surface area contributed by atoms with Crippen LogP contribution >= 0.6 is 0 Å². The van der Waals surface area contributed by atoms with E-state index in [9.17, 15) is 14.4 Å². The fourth-order valence-corrected chi connectivity index (χ4v) is 18.1. The summed E-state index contributed by atoms with van der Waals surface area (Å²) < 4.78 is 12.4. The van der Waals surface area contributed by atoms with Gasteiger partial charge in [0.15, 0.2) is 5.78 Å². The van der Waals surface area contributed by atoms with E-state index in [2.05, 4.69) is 30.9 Å². The maximum absolute atomic E-state index is 12.2. The number of esters is 2. The SMILES string of the molecule is C[C@]12CCC3C4CCC(=O)C=C4CCC3C1C1CC1[C@@]21CCC(=O)O1.C[C@]12CCC3C4CCC(N5CCCC5)=CC4=CCC3C1C1CC1[C@@]21CCC(=O)O1. The van der Waals surface area contributed by atoms with Gasteiger partial charge in [-0.2, -0.15) is 0 Å². The third-order valence-electron chi connectivity index (χ3n) is 20.1. The molecule has 0 aromatic carbocycles. The van der Waals surface area contributed by atoms with Gasteiger partial charge >= 0.3 is 11.9 Å². The number of rotatable bonds is 1. The standard InChI is InChI=1S/C26H35NO2.C22H28O3/c1-25-10-8-19-18-7-5-17(27-12-2-3-13-27)14-16(18)4-6-20(19)24(25)21-15-22(21)26(25)11-9-23(28)29-26;1-21-8-6-15-14-5-3-13(23)10-12(14)2-4-16(15)20(21)17-11-18(17)22(21)9-7-19(24)25-22/h4,14,18-22,24H,2-3,5-13,15H2,1H3;10,14-18,20H,2-9,11H2,1H3/t18?,19?,20?,21?,22?,24?,25-,26-;14?,15?,16?,17?,18?,20?,21-,22-/m00/s1. The Morgan fingerprint density at radius 2 is 1.22 bits per heavy atom. The first-order valence-electron chi connectivity index (χ1n) is 23.0. The number of hydrogen-bond donors (Lipinski definition) is 0. The van der Waals surface area contributed by atoms with Crippen LogP contribution in [0.3, 0.4) is 0 Å². The van der Waals surface area contributed by atoms with Gasteiger partial charge in [0.2, 0.25) is 0 Å². The zero-order valence-corrected chi connectivity index (χ0v) is 33.0. The molecule has 12 unspecified atom stereocenters. The van der Waals surface area contributed by atoms with Crippen LogP contribution in [0, 0.1) is 81.8 Å². The molecule has 6 nitrogen and oxygen atoms in total. The molecule has 0 amide bonds. The molecule has 0 aromatic heterocycles. The lowest BCUT2D eigenvalue weighted by atomic mass is 9.49. The summed E-state index contributed by atoms with van der Waals surface area (Å²) in [5.74, 6) is 9.74. The van der Waals surface area contributed by atoms with Gasteiger partial charge in [0.1, 0.15) is 11.2 Å². The van der Waals surface area contributed by atoms with Crippen molar-refractivity contribution in [1.82, 2.24) is 4.90 Å². The number of likely N-dealkylation sites (tertiary alicyclic amines) is 1. The van der Waals surface area contributed by atoms with Crippen molar-refractivity contribution in [3.05, 3.63) is 35.1 Å². The minimum Gasteiger partial charge on any atom is -0.458 e. The van der Waals surface area contributed by atoms with E-state index in [0.717, 1.165) is 85.4 Å². The summed E-state index contributed by atoms with van der Waals surface area (Å²) in [4.78, 5) is 38.7. The van der Waals surface area contributed by atoms with E-state index in [1.165, 1.54) is 95.7 Å². The third kappa shape index (κ3) is 4.33. The van der Waals surface area contributed by atoms with Crippen molar-refractivity contribution in [3.8, 4) is 0 Å². The number of ether oxygens (including phenoxy) is 2. The molecule has 13 aliphatic rings. The van der Waals surface area contributed by atoms with E-state index in [1.54, 1.807) is 11.3 Å². The molecule has 7 saturated carbocycles. The van der Waals surface area contributed by atoms with Crippen LogP contribution in [0.25, 0.3) is 0 Å². The summed E-state index contributed by atoms with van der Waals surface area (Å²) in [7, 11) is 0. The summed E-state index contributed by atoms with van der Waals surface area (Å²) in [5, 5.41) is 0. The second kappa shape index (κ2) is 11.4. The van der Waals surface area contributed by atoms with Crippen molar-refractivity contribution in [2.24, 2.45) is 81.8 Å². The smallest absolute Gasteiger partial charge is 0.306 e. The zero-order valence-electron chi connectivity index (χ0n) is 33.0. The summed E-state index contributed by atoms with van der Waals surface area (Å²) in [6.07, 6.45) is 29.2. The average Bonchev–Trinajstić information content (AvgIpc) is 3.86. The summed E-state index contributed by atoms with van der Waals surface area (Å²) in [6, 6.07) is 0. The first kappa shape index (κ1) is 33.7.